The van der Waals surface area contributed by atoms with Gasteiger partial charge in [0.05, 0.1) is 6.04 Å². The maximum atomic E-state index is 4.70. The highest BCUT2D eigenvalue weighted by atomic mass is 15.4. The summed E-state index contributed by atoms with van der Waals surface area (Å²) in [6.07, 6.45) is 3.37. The molecular formula is C19H20N8. The van der Waals surface area contributed by atoms with Crippen molar-refractivity contribution in [3.05, 3.63) is 54.1 Å². The normalized spacial score (nSPS) is 14.9. The van der Waals surface area contributed by atoms with Crippen LogP contribution >= 0.6 is 0 Å². The van der Waals surface area contributed by atoms with Gasteiger partial charge in [-0.25, -0.2) is 0 Å². The number of nitrogens with zero attached hydrogens (tertiary/aromatic N) is 7. The lowest BCUT2D eigenvalue weighted by Crippen LogP contribution is -2.18. The quantitative estimate of drug-likeness (QED) is 0.602. The summed E-state index contributed by atoms with van der Waals surface area (Å²) >= 11 is 0. The van der Waals surface area contributed by atoms with E-state index in [1.807, 2.05) is 42.5 Å². The number of rotatable bonds is 4. The molecule has 1 aromatic carbocycles. The first-order valence-electron chi connectivity index (χ1n) is 9.26. The molecule has 0 bridgehead atoms. The lowest BCUT2D eigenvalue weighted by Gasteiger charge is -2.19. The van der Waals surface area contributed by atoms with E-state index < -0.39 is 0 Å². The van der Waals surface area contributed by atoms with Crippen molar-refractivity contribution < 1.29 is 0 Å². The SMILES string of the molecule is CC(Nc1ccc2nnc(-c3ccccc3)n2n1)c1nnc2n1CCCC2. The summed E-state index contributed by atoms with van der Waals surface area (Å²) in [5, 5.41) is 25.4. The van der Waals surface area contributed by atoms with Crippen molar-refractivity contribution in [1.29, 1.82) is 0 Å². The summed E-state index contributed by atoms with van der Waals surface area (Å²) in [5.41, 5.74) is 1.70. The van der Waals surface area contributed by atoms with Crippen LogP contribution in [0.15, 0.2) is 42.5 Å². The second kappa shape index (κ2) is 6.46. The Labute approximate surface area is 156 Å². The molecule has 1 aliphatic rings. The molecule has 0 aliphatic carbocycles. The first-order chi connectivity index (χ1) is 13.3. The number of fused-ring (bicyclic) bond motifs is 2. The predicted molar refractivity (Wildman–Crippen MR) is 101 cm³/mol. The minimum Gasteiger partial charge on any atom is -0.359 e. The van der Waals surface area contributed by atoms with Gasteiger partial charge in [0, 0.05) is 18.5 Å². The maximum Gasteiger partial charge on any atom is 0.185 e. The zero-order valence-electron chi connectivity index (χ0n) is 15.1. The number of aryl methyl sites for hydroxylation is 1. The van der Waals surface area contributed by atoms with E-state index in [0.29, 0.717) is 5.65 Å². The summed E-state index contributed by atoms with van der Waals surface area (Å²) < 4.78 is 4.00. The maximum absolute atomic E-state index is 4.70. The Kier molecular flexibility index (Phi) is 3.81. The molecule has 0 radical (unpaired) electrons. The van der Waals surface area contributed by atoms with Gasteiger partial charge in [-0.3, -0.25) is 0 Å². The lowest BCUT2D eigenvalue weighted by atomic mass is 10.1. The average molecular weight is 360 g/mol. The zero-order chi connectivity index (χ0) is 18.2. The Hall–Kier alpha value is -3.29. The molecule has 3 aromatic heterocycles. The molecule has 1 N–H and O–H groups in total. The molecule has 136 valence electrons. The number of benzene rings is 1. The van der Waals surface area contributed by atoms with Gasteiger partial charge in [0.25, 0.3) is 0 Å². The van der Waals surface area contributed by atoms with E-state index >= 15 is 0 Å². The largest absolute Gasteiger partial charge is 0.359 e. The van der Waals surface area contributed by atoms with Crippen LogP contribution in [0.2, 0.25) is 0 Å². The van der Waals surface area contributed by atoms with Crippen molar-refractivity contribution in [2.75, 3.05) is 5.32 Å². The van der Waals surface area contributed by atoms with E-state index in [9.17, 15) is 0 Å². The van der Waals surface area contributed by atoms with Crippen LogP contribution in [0.5, 0.6) is 0 Å². The van der Waals surface area contributed by atoms with Gasteiger partial charge in [-0.15, -0.1) is 25.5 Å². The molecule has 5 rings (SSSR count). The Morgan fingerprint density at radius 1 is 0.963 bits per heavy atom. The minimum atomic E-state index is 0.00551. The van der Waals surface area contributed by atoms with Crippen molar-refractivity contribution in [3.63, 3.8) is 0 Å². The third-order valence-electron chi connectivity index (χ3n) is 4.93. The molecule has 0 amide bonds. The molecule has 1 aliphatic heterocycles. The number of aromatic nitrogens is 7. The van der Waals surface area contributed by atoms with E-state index in [-0.39, 0.29) is 6.04 Å². The smallest absolute Gasteiger partial charge is 0.185 e. The molecule has 8 nitrogen and oxygen atoms in total. The van der Waals surface area contributed by atoms with Crippen LogP contribution in [0, 0.1) is 0 Å². The van der Waals surface area contributed by atoms with Gasteiger partial charge in [0.2, 0.25) is 0 Å². The summed E-state index contributed by atoms with van der Waals surface area (Å²) in [7, 11) is 0. The summed E-state index contributed by atoms with van der Waals surface area (Å²) in [4.78, 5) is 0. The predicted octanol–water partition coefficient (Wildman–Crippen LogP) is 2.89. The van der Waals surface area contributed by atoms with Crippen LogP contribution in [0.4, 0.5) is 5.82 Å². The van der Waals surface area contributed by atoms with Crippen LogP contribution < -0.4 is 5.32 Å². The van der Waals surface area contributed by atoms with Gasteiger partial charge in [-0.2, -0.15) is 4.52 Å². The van der Waals surface area contributed by atoms with Crippen molar-refractivity contribution in [3.8, 4) is 11.4 Å². The fraction of sp³-hybridized carbons (Fsp3) is 0.316. The average Bonchev–Trinajstić information content (AvgIpc) is 3.32. The van der Waals surface area contributed by atoms with Gasteiger partial charge in [0.1, 0.15) is 11.6 Å². The van der Waals surface area contributed by atoms with Gasteiger partial charge < -0.3 is 9.88 Å². The van der Waals surface area contributed by atoms with Crippen LogP contribution in [0.3, 0.4) is 0 Å². The van der Waals surface area contributed by atoms with Crippen molar-refractivity contribution in [2.24, 2.45) is 0 Å². The highest BCUT2D eigenvalue weighted by molar-refractivity contribution is 5.59. The van der Waals surface area contributed by atoms with Crippen molar-refractivity contribution in [1.82, 2.24) is 34.6 Å². The number of hydrogen-bond donors (Lipinski definition) is 1. The van der Waals surface area contributed by atoms with Crippen molar-refractivity contribution in [2.45, 2.75) is 38.8 Å². The Morgan fingerprint density at radius 2 is 1.85 bits per heavy atom. The van der Waals surface area contributed by atoms with Crippen LogP contribution in [0.25, 0.3) is 17.0 Å². The summed E-state index contributed by atoms with van der Waals surface area (Å²) in [5.74, 6) is 3.51. The Bertz CT molecular complexity index is 1080. The molecular weight excluding hydrogens is 340 g/mol. The van der Waals surface area contributed by atoms with E-state index in [1.165, 1.54) is 12.8 Å². The van der Waals surface area contributed by atoms with E-state index in [2.05, 4.69) is 37.2 Å². The van der Waals surface area contributed by atoms with Crippen molar-refractivity contribution >= 4 is 11.5 Å². The molecule has 0 fully saturated rings. The third kappa shape index (κ3) is 2.83. The molecule has 0 spiro atoms. The molecule has 4 aromatic rings. The second-order valence-electron chi connectivity index (χ2n) is 6.83. The molecule has 8 heteroatoms. The molecule has 0 saturated heterocycles. The Morgan fingerprint density at radius 3 is 2.74 bits per heavy atom. The highest BCUT2D eigenvalue weighted by Crippen LogP contribution is 2.22. The van der Waals surface area contributed by atoms with Gasteiger partial charge in [-0.1, -0.05) is 30.3 Å². The van der Waals surface area contributed by atoms with Gasteiger partial charge >= 0.3 is 0 Å². The van der Waals surface area contributed by atoms with Crippen LogP contribution in [-0.4, -0.2) is 34.6 Å². The molecule has 0 saturated carbocycles. The monoisotopic (exact) mass is 360 g/mol. The highest BCUT2D eigenvalue weighted by Gasteiger charge is 2.20. The first-order valence-corrected chi connectivity index (χ1v) is 9.26. The van der Waals surface area contributed by atoms with Gasteiger partial charge in [-0.05, 0) is 31.9 Å². The number of nitrogens with one attached hydrogen (secondary N) is 1. The fourth-order valence-corrected chi connectivity index (χ4v) is 3.57. The topological polar surface area (TPSA) is 85.8 Å². The van der Waals surface area contributed by atoms with E-state index in [0.717, 1.165) is 41.8 Å². The van der Waals surface area contributed by atoms with Crippen LogP contribution in [-0.2, 0) is 13.0 Å². The minimum absolute atomic E-state index is 0.00551. The standard InChI is InChI=1S/C19H20N8/c1-13(18-23-21-16-9-5-6-12-26(16)18)20-15-10-11-17-22-24-19(27(17)25-15)14-7-3-2-4-8-14/h2-4,7-8,10-11,13H,5-6,9,12H2,1H3,(H,20,25). The number of hydrogen-bond acceptors (Lipinski definition) is 6. The molecule has 1 atom stereocenters. The lowest BCUT2D eigenvalue weighted by molar-refractivity contribution is 0.500. The second-order valence-corrected chi connectivity index (χ2v) is 6.83. The number of anilines is 1. The molecule has 4 heterocycles. The fourth-order valence-electron chi connectivity index (χ4n) is 3.57. The van der Waals surface area contributed by atoms with Crippen LogP contribution in [0.1, 0.15) is 37.5 Å². The molecule has 27 heavy (non-hydrogen) atoms. The summed E-state index contributed by atoms with van der Waals surface area (Å²) in [6.45, 7) is 3.07. The third-order valence-corrected chi connectivity index (χ3v) is 4.93. The van der Waals surface area contributed by atoms with Gasteiger partial charge in [0.15, 0.2) is 17.3 Å². The summed E-state index contributed by atoms with van der Waals surface area (Å²) in [6, 6.07) is 13.8. The molecule has 1 unspecified atom stereocenters. The zero-order valence-corrected chi connectivity index (χ0v) is 15.1. The van der Waals surface area contributed by atoms with E-state index in [1.54, 1.807) is 4.52 Å². The first kappa shape index (κ1) is 15.9. The van der Waals surface area contributed by atoms with E-state index in [4.69, 9.17) is 5.10 Å². The Balaban J connectivity index is 1.46.